The van der Waals surface area contributed by atoms with E-state index in [4.69, 9.17) is 4.74 Å². The lowest BCUT2D eigenvalue weighted by atomic mass is 10.1. The maximum absolute atomic E-state index is 5.72. The number of likely N-dealkylation sites (N-methyl/N-ethyl adjacent to an activating group) is 1. The highest BCUT2D eigenvalue weighted by Crippen LogP contribution is 2.24. The lowest BCUT2D eigenvalue weighted by Gasteiger charge is -2.37. The van der Waals surface area contributed by atoms with Gasteiger partial charge in [-0.1, -0.05) is 6.92 Å². The first-order valence-electron chi connectivity index (χ1n) is 8.08. The summed E-state index contributed by atoms with van der Waals surface area (Å²) in [5.41, 5.74) is 0. The first-order chi connectivity index (χ1) is 10.3. The molecule has 0 aliphatic carbocycles. The number of hydrogen-bond acceptors (Lipinski definition) is 6. The smallest absolute Gasteiger partial charge is 0.168 e. The Labute approximate surface area is 126 Å². The van der Waals surface area contributed by atoms with Gasteiger partial charge >= 0.3 is 0 Å². The van der Waals surface area contributed by atoms with Gasteiger partial charge in [0, 0.05) is 32.8 Å². The Hall–Kier alpha value is -1.05. The molecule has 0 bridgehead atoms. The Morgan fingerprint density at radius 3 is 2.76 bits per heavy atom. The number of piperazine rings is 1. The maximum Gasteiger partial charge on any atom is 0.168 e. The van der Waals surface area contributed by atoms with Crippen molar-refractivity contribution in [1.29, 1.82) is 0 Å². The van der Waals surface area contributed by atoms with Gasteiger partial charge in [0.2, 0.25) is 0 Å². The fourth-order valence-electron chi connectivity index (χ4n) is 3.30. The van der Waals surface area contributed by atoms with E-state index < -0.39 is 0 Å². The van der Waals surface area contributed by atoms with Crippen molar-refractivity contribution in [2.75, 3.05) is 39.8 Å². The van der Waals surface area contributed by atoms with Gasteiger partial charge in [-0.05, 0) is 36.7 Å². The van der Waals surface area contributed by atoms with Crippen molar-refractivity contribution in [1.82, 2.24) is 30.0 Å². The molecule has 7 nitrogen and oxygen atoms in total. The molecule has 3 rings (SSSR count). The highest BCUT2D eigenvalue weighted by atomic mass is 16.5. The summed E-state index contributed by atoms with van der Waals surface area (Å²) in [7, 11) is 2.18. The zero-order chi connectivity index (χ0) is 14.7. The monoisotopic (exact) mass is 294 g/mol. The Kier molecular flexibility index (Phi) is 4.82. The average Bonchev–Trinajstić information content (AvgIpc) is 3.15. The molecule has 2 aliphatic heterocycles. The Balaban J connectivity index is 1.70. The van der Waals surface area contributed by atoms with Crippen LogP contribution in [-0.4, -0.2) is 75.9 Å². The summed E-state index contributed by atoms with van der Waals surface area (Å²) in [6, 6.07) is 0.315. The summed E-state index contributed by atoms with van der Waals surface area (Å²) in [6.07, 6.45) is 3.58. The lowest BCUT2D eigenvalue weighted by molar-refractivity contribution is 0.0829. The molecule has 1 aromatic rings. The van der Waals surface area contributed by atoms with Gasteiger partial charge in [0.25, 0.3) is 0 Å². The van der Waals surface area contributed by atoms with E-state index >= 15 is 0 Å². The average molecular weight is 294 g/mol. The summed E-state index contributed by atoms with van der Waals surface area (Å²) < 4.78 is 7.68. The zero-order valence-corrected chi connectivity index (χ0v) is 13.1. The van der Waals surface area contributed by atoms with Crippen molar-refractivity contribution in [3.8, 4) is 0 Å². The Morgan fingerprint density at radius 1 is 1.29 bits per heavy atom. The van der Waals surface area contributed by atoms with E-state index in [0.29, 0.717) is 6.04 Å². The van der Waals surface area contributed by atoms with Crippen LogP contribution in [0.15, 0.2) is 0 Å². The lowest BCUT2D eigenvalue weighted by Crippen LogP contribution is -2.46. The van der Waals surface area contributed by atoms with Gasteiger partial charge in [-0.2, -0.15) is 0 Å². The molecule has 0 spiro atoms. The number of hydrogen-bond donors (Lipinski definition) is 0. The van der Waals surface area contributed by atoms with E-state index in [9.17, 15) is 0 Å². The van der Waals surface area contributed by atoms with E-state index in [-0.39, 0.29) is 6.10 Å². The summed E-state index contributed by atoms with van der Waals surface area (Å²) in [5, 5.41) is 12.4. The number of ether oxygens (including phenoxy) is 1. The van der Waals surface area contributed by atoms with Gasteiger partial charge in [-0.25, -0.2) is 4.68 Å². The van der Waals surface area contributed by atoms with Gasteiger partial charge in [-0.15, -0.1) is 5.10 Å². The molecule has 118 valence electrons. The van der Waals surface area contributed by atoms with Gasteiger partial charge in [0.1, 0.15) is 0 Å². The molecule has 2 fully saturated rings. The minimum Gasteiger partial charge on any atom is -0.376 e. The summed E-state index contributed by atoms with van der Waals surface area (Å²) in [6.45, 7) is 8.27. The third-order valence-electron chi connectivity index (χ3n) is 4.62. The predicted octanol–water partition coefficient (Wildman–Crippen LogP) is 0.551. The van der Waals surface area contributed by atoms with Crippen molar-refractivity contribution < 1.29 is 4.74 Å². The molecule has 0 amide bonds. The van der Waals surface area contributed by atoms with Crippen LogP contribution in [0.5, 0.6) is 0 Å². The predicted molar refractivity (Wildman–Crippen MR) is 78.9 cm³/mol. The SMILES string of the molecule is CC[C@@H](c1nnnn1C[C@H]1CCCO1)N1CCN(C)CC1. The number of aromatic nitrogens is 4. The molecule has 3 heterocycles. The van der Waals surface area contributed by atoms with Crippen LogP contribution in [0.3, 0.4) is 0 Å². The molecule has 0 saturated carbocycles. The second-order valence-electron chi connectivity index (χ2n) is 6.12. The fourth-order valence-corrected chi connectivity index (χ4v) is 3.30. The molecule has 2 saturated heterocycles. The molecule has 1 aromatic heterocycles. The van der Waals surface area contributed by atoms with Gasteiger partial charge in [0.05, 0.1) is 18.7 Å². The summed E-state index contributed by atoms with van der Waals surface area (Å²) >= 11 is 0. The van der Waals surface area contributed by atoms with E-state index in [2.05, 4.69) is 39.3 Å². The van der Waals surface area contributed by atoms with Crippen LogP contribution in [0.2, 0.25) is 0 Å². The molecule has 2 aliphatic rings. The highest BCUT2D eigenvalue weighted by Gasteiger charge is 2.28. The normalized spacial score (nSPS) is 26.3. The summed E-state index contributed by atoms with van der Waals surface area (Å²) in [4.78, 5) is 4.89. The first kappa shape index (κ1) is 14.9. The van der Waals surface area contributed by atoms with E-state index in [0.717, 1.165) is 64.4 Å². The standard InChI is InChI=1S/C14H26N6O/c1-3-13(19-8-6-18(2)7-9-19)14-15-16-17-20(14)11-12-5-4-10-21-12/h12-13H,3-11H2,1-2H3/t12-,13+/m1/s1. The molecule has 0 N–H and O–H groups in total. The summed E-state index contributed by atoms with van der Waals surface area (Å²) in [5.74, 6) is 0.998. The zero-order valence-electron chi connectivity index (χ0n) is 13.1. The van der Waals surface area contributed by atoms with Crippen molar-refractivity contribution >= 4 is 0 Å². The third-order valence-corrected chi connectivity index (χ3v) is 4.62. The van der Waals surface area contributed by atoms with E-state index in [1.54, 1.807) is 0 Å². The van der Waals surface area contributed by atoms with Crippen LogP contribution in [0, 0.1) is 0 Å². The number of rotatable bonds is 5. The minimum atomic E-state index is 0.275. The van der Waals surface area contributed by atoms with Crippen LogP contribution in [0.4, 0.5) is 0 Å². The molecule has 0 radical (unpaired) electrons. The highest BCUT2D eigenvalue weighted by molar-refractivity contribution is 4.95. The van der Waals surface area contributed by atoms with Crippen LogP contribution in [-0.2, 0) is 11.3 Å². The van der Waals surface area contributed by atoms with Crippen molar-refractivity contribution in [2.24, 2.45) is 0 Å². The second kappa shape index (κ2) is 6.81. The largest absolute Gasteiger partial charge is 0.376 e. The molecule has 0 aromatic carbocycles. The van der Waals surface area contributed by atoms with Crippen LogP contribution < -0.4 is 0 Å². The second-order valence-corrected chi connectivity index (χ2v) is 6.12. The molecular formula is C14H26N6O. The third kappa shape index (κ3) is 3.41. The van der Waals surface area contributed by atoms with Crippen LogP contribution in [0.1, 0.15) is 38.1 Å². The number of tetrazole rings is 1. The molecule has 2 atom stereocenters. The molecule has 0 unspecified atom stereocenters. The maximum atomic E-state index is 5.72. The van der Waals surface area contributed by atoms with Gasteiger partial charge in [-0.3, -0.25) is 4.90 Å². The van der Waals surface area contributed by atoms with Crippen molar-refractivity contribution in [3.05, 3.63) is 5.82 Å². The van der Waals surface area contributed by atoms with Gasteiger partial charge in [0.15, 0.2) is 5.82 Å². The van der Waals surface area contributed by atoms with Crippen LogP contribution in [0.25, 0.3) is 0 Å². The topological polar surface area (TPSA) is 59.3 Å². The van der Waals surface area contributed by atoms with E-state index in [1.807, 2.05) is 4.68 Å². The fraction of sp³-hybridized carbons (Fsp3) is 0.929. The Bertz CT molecular complexity index is 436. The molecule has 7 heteroatoms. The number of nitrogens with zero attached hydrogens (tertiary/aromatic N) is 6. The Morgan fingerprint density at radius 2 is 2.10 bits per heavy atom. The van der Waals surface area contributed by atoms with Crippen molar-refractivity contribution in [3.63, 3.8) is 0 Å². The van der Waals surface area contributed by atoms with Crippen molar-refractivity contribution in [2.45, 2.75) is 44.9 Å². The molecule has 21 heavy (non-hydrogen) atoms. The molecular weight excluding hydrogens is 268 g/mol. The van der Waals surface area contributed by atoms with Gasteiger partial charge < -0.3 is 9.64 Å². The van der Waals surface area contributed by atoms with E-state index in [1.165, 1.54) is 0 Å². The first-order valence-corrected chi connectivity index (χ1v) is 8.08. The minimum absolute atomic E-state index is 0.275. The quantitative estimate of drug-likeness (QED) is 0.790. The van der Waals surface area contributed by atoms with Crippen LogP contribution >= 0.6 is 0 Å².